The smallest absolute Gasteiger partial charge is 0.259 e. The van der Waals surface area contributed by atoms with Crippen LogP contribution < -0.4 is 14.2 Å². The van der Waals surface area contributed by atoms with Gasteiger partial charge in [-0.05, 0) is 67.3 Å². The second-order valence-corrected chi connectivity index (χ2v) is 14.9. The highest BCUT2D eigenvalue weighted by Gasteiger charge is 2.42. The van der Waals surface area contributed by atoms with Crippen molar-refractivity contribution >= 4 is 33.2 Å². The van der Waals surface area contributed by atoms with Crippen LogP contribution in [0.25, 0.3) is 0 Å². The Morgan fingerprint density at radius 2 is 1.80 bits per heavy atom. The topological polar surface area (TPSA) is 108 Å². The number of nitrogens with one attached hydrogen (secondary N) is 1. The highest BCUT2D eigenvalue weighted by molar-refractivity contribution is 7.91. The highest BCUT2D eigenvalue weighted by atomic mass is 32.2. The number of ether oxygens (including phenoxy) is 2. The maximum Gasteiger partial charge on any atom is 0.259 e. The summed E-state index contributed by atoms with van der Waals surface area (Å²) in [6.07, 6.45) is 10.8. The molecule has 5 rings (SSSR count). The van der Waals surface area contributed by atoms with Crippen LogP contribution >= 0.6 is 11.3 Å². The molecule has 250 valence electrons. The normalized spacial score (nSPS) is 20.2. The number of piperazine rings is 1. The number of allylic oxidation sites excluding steroid dienone is 2. The first kappa shape index (κ1) is 34.2. The van der Waals surface area contributed by atoms with E-state index in [1.807, 2.05) is 12.1 Å². The van der Waals surface area contributed by atoms with Crippen molar-refractivity contribution in [2.45, 2.75) is 74.6 Å². The number of hydrogen-bond donors (Lipinski definition) is 1. The summed E-state index contributed by atoms with van der Waals surface area (Å²) in [6, 6.07) is 8.70. The van der Waals surface area contributed by atoms with Crippen LogP contribution in [0.4, 0.5) is 0 Å². The lowest BCUT2D eigenvalue weighted by Crippen LogP contribution is -2.49. The van der Waals surface area contributed by atoms with E-state index in [1.165, 1.54) is 30.6 Å². The summed E-state index contributed by atoms with van der Waals surface area (Å²) < 4.78 is 39.3. The fourth-order valence-corrected chi connectivity index (χ4v) is 8.92. The van der Waals surface area contributed by atoms with Crippen molar-refractivity contribution < 1.29 is 27.5 Å². The fourth-order valence-electron chi connectivity index (χ4n) is 6.80. The van der Waals surface area contributed by atoms with Crippen LogP contribution in [-0.2, 0) is 19.6 Å². The molecule has 3 fully saturated rings. The number of amides is 2. The van der Waals surface area contributed by atoms with Crippen LogP contribution in [0.5, 0.6) is 11.5 Å². The summed E-state index contributed by atoms with van der Waals surface area (Å²) in [4.78, 5) is 34.3. The van der Waals surface area contributed by atoms with Gasteiger partial charge in [0.05, 0.1) is 32.3 Å². The lowest BCUT2D eigenvalue weighted by molar-refractivity contribution is -0.140. The van der Waals surface area contributed by atoms with Crippen LogP contribution in [0, 0.1) is 0 Å². The summed E-state index contributed by atoms with van der Waals surface area (Å²) in [6.45, 7) is 5.75. The molecule has 1 aromatic carbocycles. The van der Waals surface area contributed by atoms with Crippen molar-refractivity contribution in [2.24, 2.45) is 0 Å². The third kappa shape index (κ3) is 7.67. The number of thiophene rings is 1. The Labute approximate surface area is 277 Å². The molecule has 0 spiro atoms. The molecule has 0 unspecified atom stereocenters. The maximum absolute atomic E-state index is 14.3. The number of imide groups is 1. The molecule has 12 heteroatoms. The molecule has 3 heterocycles. The van der Waals surface area contributed by atoms with Gasteiger partial charge in [0.25, 0.3) is 5.91 Å². The third-order valence-electron chi connectivity index (χ3n) is 9.20. The Bertz CT molecular complexity index is 1520. The van der Waals surface area contributed by atoms with E-state index in [1.54, 1.807) is 43.9 Å². The largest absolute Gasteiger partial charge is 0.493 e. The molecular weight excluding hydrogens is 625 g/mol. The predicted octanol–water partition coefficient (Wildman–Crippen LogP) is 5.10. The molecule has 2 saturated heterocycles. The first-order valence-electron chi connectivity index (χ1n) is 16.3. The fraction of sp³-hybridized carbons (Fsp3) is 0.529. The molecular formula is C34H46N4O6S2. The average molecular weight is 671 g/mol. The molecule has 46 heavy (non-hydrogen) atoms. The molecule has 0 bridgehead atoms. The minimum atomic E-state index is -3.63. The van der Waals surface area contributed by atoms with Crippen molar-refractivity contribution in [3.05, 3.63) is 64.7 Å². The summed E-state index contributed by atoms with van der Waals surface area (Å²) >= 11 is 1.15. The van der Waals surface area contributed by atoms with Gasteiger partial charge in [0.1, 0.15) is 4.21 Å². The quantitative estimate of drug-likeness (QED) is 0.168. The molecule has 1 saturated carbocycles. The summed E-state index contributed by atoms with van der Waals surface area (Å²) in [5.74, 6) is 0.478. The van der Waals surface area contributed by atoms with Crippen molar-refractivity contribution in [2.75, 3.05) is 46.9 Å². The Balaban J connectivity index is 1.40. The first-order valence-corrected chi connectivity index (χ1v) is 18.6. The van der Waals surface area contributed by atoms with Crippen LogP contribution in [0.2, 0.25) is 0 Å². The van der Waals surface area contributed by atoms with Gasteiger partial charge in [-0.2, -0.15) is 0 Å². The van der Waals surface area contributed by atoms with E-state index in [0.717, 1.165) is 55.2 Å². The van der Waals surface area contributed by atoms with E-state index in [0.29, 0.717) is 36.0 Å². The monoisotopic (exact) mass is 670 g/mol. The zero-order chi connectivity index (χ0) is 32.7. The molecule has 3 aliphatic rings. The molecule has 2 aromatic rings. The Kier molecular flexibility index (Phi) is 11.6. The van der Waals surface area contributed by atoms with E-state index < -0.39 is 16.1 Å². The molecule has 2 amide bonds. The number of benzene rings is 1. The summed E-state index contributed by atoms with van der Waals surface area (Å²) in [5.41, 5.74) is 2.08. The number of carbonyl (C=O) groups is 2. The zero-order valence-corrected chi connectivity index (χ0v) is 28.7. The summed E-state index contributed by atoms with van der Waals surface area (Å²) in [7, 11) is -0.533. The van der Waals surface area contributed by atoms with E-state index in [4.69, 9.17) is 9.47 Å². The van der Waals surface area contributed by atoms with Crippen molar-refractivity contribution in [3.8, 4) is 11.5 Å². The standard InChI is InChI=1S/C34H46N4O6S2/c1-4-5-12-29(37-20-18-36(19-21-37)26-10-6-7-11-26)27-24-32(39)38(34(27)40)28(25-15-16-30(43-2)31(23-25)44-3)13-8-17-35-46(41,42)33-14-9-22-45-33/h5,9,12,14-16,22-23,26,28,35H,4,6-8,10-11,13,17-21,24H2,1-3H3/b12-5-,29-27-/t28-/m1/s1. The minimum absolute atomic E-state index is 0.0276. The number of hydrogen-bond acceptors (Lipinski definition) is 9. The second kappa shape index (κ2) is 15.6. The molecule has 10 nitrogen and oxygen atoms in total. The lowest BCUT2D eigenvalue weighted by atomic mass is 9.99. The minimum Gasteiger partial charge on any atom is -0.493 e. The maximum atomic E-state index is 14.3. The van der Waals surface area contributed by atoms with Crippen molar-refractivity contribution in [1.82, 2.24) is 19.4 Å². The number of methoxy groups -OCH3 is 2. The van der Waals surface area contributed by atoms with Gasteiger partial charge in [0.2, 0.25) is 15.9 Å². The van der Waals surface area contributed by atoms with Gasteiger partial charge in [-0.1, -0.05) is 38.0 Å². The molecule has 1 aromatic heterocycles. The zero-order valence-electron chi connectivity index (χ0n) is 27.1. The van der Waals surface area contributed by atoms with Gasteiger partial charge in [-0.15, -0.1) is 11.3 Å². The molecule has 1 aliphatic carbocycles. The van der Waals surface area contributed by atoms with E-state index in [-0.39, 0.29) is 29.0 Å². The predicted molar refractivity (Wildman–Crippen MR) is 179 cm³/mol. The van der Waals surface area contributed by atoms with Crippen molar-refractivity contribution in [1.29, 1.82) is 0 Å². The number of nitrogens with zero attached hydrogens (tertiary/aromatic N) is 3. The van der Waals surface area contributed by atoms with Gasteiger partial charge >= 0.3 is 0 Å². The molecule has 0 radical (unpaired) electrons. The Morgan fingerprint density at radius 3 is 2.46 bits per heavy atom. The van der Waals surface area contributed by atoms with Crippen LogP contribution in [0.3, 0.4) is 0 Å². The Hall–Kier alpha value is -3.19. The highest BCUT2D eigenvalue weighted by Crippen LogP contribution is 2.38. The Morgan fingerprint density at radius 1 is 1.07 bits per heavy atom. The van der Waals surface area contributed by atoms with Crippen LogP contribution in [0.1, 0.15) is 69.9 Å². The first-order chi connectivity index (χ1) is 22.3. The van der Waals surface area contributed by atoms with Crippen molar-refractivity contribution in [3.63, 3.8) is 0 Å². The van der Waals surface area contributed by atoms with Gasteiger partial charge in [0.15, 0.2) is 11.5 Å². The third-order valence-corrected chi connectivity index (χ3v) is 12.1. The number of carbonyl (C=O) groups excluding carboxylic acids is 2. The molecule has 1 atom stereocenters. The molecule has 2 aliphatic heterocycles. The van der Waals surface area contributed by atoms with Crippen LogP contribution in [-0.4, -0.2) is 87.9 Å². The van der Waals surface area contributed by atoms with E-state index in [2.05, 4.69) is 27.5 Å². The SMILES string of the molecule is CC/C=C\C(=C1/CC(=O)N([C@H](CCCNS(=O)(=O)c2cccs2)c2ccc(OC)c(OC)c2)C1=O)N1CCN(C2CCCC2)CC1. The average Bonchev–Trinajstić information content (AvgIpc) is 3.85. The van der Waals surface area contributed by atoms with Gasteiger partial charge < -0.3 is 14.4 Å². The number of rotatable bonds is 14. The van der Waals surface area contributed by atoms with Crippen LogP contribution in [0.15, 0.2) is 63.3 Å². The summed E-state index contributed by atoms with van der Waals surface area (Å²) in [5, 5.41) is 1.72. The second-order valence-electron chi connectivity index (χ2n) is 12.0. The van der Waals surface area contributed by atoms with E-state index in [9.17, 15) is 18.0 Å². The van der Waals surface area contributed by atoms with Gasteiger partial charge in [-0.25, -0.2) is 13.1 Å². The number of likely N-dealkylation sites (tertiary alicyclic amines) is 1. The lowest BCUT2D eigenvalue weighted by Gasteiger charge is -2.40. The number of sulfonamides is 1. The van der Waals surface area contributed by atoms with Gasteiger partial charge in [-0.3, -0.25) is 19.4 Å². The molecule has 1 N–H and O–H groups in total. The van der Waals surface area contributed by atoms with E-state index >= 15 is 0 Å². The van der Waals surface area contributed by atoms with Gasteiger partial charge in [0, 0.05) is 44.5 Å².